The molecule has 1 aliphatic heterocycles. The molecular weight excluding hydrogens is 356 g/mol. The summed E-state index contributed by atoms with van der Waals surface area (Å²) in [4.78, 5) is 45.9. The van der Waals surface area contributed by atoms with Crippen LogP contribution in [0.4, 0.5) is 0 Å². The smallest absolute Gasteiger partial charge is 0.334 e. The highest BCUT2D eigenvalue weighted by Crippen LogP contribution is 2.17. The first-order valence-electron chi connectivity index (χ1n) is 8.39. The van der Waals surface area contributed by atoms with Crippen molar-refractivity contribution in [3.8, 4) is 0 Å². The van der Waals surface area contributed by atoms with Gasteiger partial charge in [-0.2, -0.15) is 0 Å². The Hall–Kier alpha value is -2.90. The van der Waals surface area contributed by atoms with E-state index >= 15 is 0 Å². The van der Waals surface area contributed by atoms with E-state index in [-0.39, 0.29) is 0 Å². The highest BCUT2D eigenvalue weighted by Gasteiger charge is 2.29. The molecule has 0 aromatic heterocycles. The zero-order valence-electron chi connectivity index (χ0n) is 16.0. The molecule has 0 amide bonds. The number of carbonyl (C=O) groups is 4. The van der Waals surface area contributed by atoms with Gasteiger partial charge >= 0.3 is 23.9 Å². The first-order chi connectivity index (χ1) is 12.6. The number of carbonyl (C=O) groups excluding carboxylic acids is 4. The molecule has 0 bridgehead atoms. The maximum Gasteiger partial charge on any atom is 0.334 e. The van der Waals surface area contributed by atoms with Crippen molar-refractivity contribution in [2.45, 2.75) is 59.0 Å². The van der Waals surface area contributed by atoms with Gasteiger partial charge in [0, 0.05) is 25.5 Å². The predicted octanol–water partition coefficient (Wildman–Crippen LogP) is 1.79. The topological polar surface area (TPSA) is 105 Å². The normalized spacial score (nSPS) is 22.0. The van der Waals surface area contributed by atoms with Crippen LogP contribution >= 0.6 is 0 Å². The molecule has 1 heterocycles. The molecule has 27 heavy (non-hydrogen) atoms. The van der Waals surface area contributed by atoms with E-state index in [4.69, 9.17) is 18.9 Å². The monoisotopic (exact) mass is 380 g/mol. The molecule has 148 valence electrons. The van der Waals surface area contributed by atoms with Gasteiger partial charge in [0.1, 0.15) is 6.10 Å². The number of allylic oxidation sites excluding steroid dienone is 1. The molecule has 8 heteroatoms. The van der Waals surface area contributed by atoms with Crippen LogP contribution in [0.3, 0.4) is 0 Å². The Morgan fingerprint density at radius 3 is 2.33 bits per heavy atom. The highest BCUT2D eigenvalue weighted by atomic mass is 16.6. The molecule has 0 radical (unpaired) electrons. The Morgan fingerprint density at radius 1 is 1.15 bits per heavy atom. The molecule has 8 nitrogen and oxygen atoms in total. The molecule has 0 spiro atoms. The number of ether oxygens (including phenoxy) is 4. The number of rotatable bonds is 7. The van der Waals surface area contributed by atoms with Gasteiger partial charge in [0.05, 0.1) is 0 Å². The third-order valence-corrected chi connectivity index (χ3v) is 3.60. The molecule has 0 N–H and O–H groups in total. The van der Waals surface area contributed by atoms with Crippen molar-refractivity contribution in [2.75, 3.05) is 0 Å². The lowest BCUT2D eigenvalue weighted by Gasteiger charge is -2.26. The second-order valence-corrected chi connectivity index (χ2v) is 5.88. The quantitative estimate of drug-likeness (QED) is 0.285. The number of cyclic esters (lactones) is 1. The van der Waals surface area contributed by atoms with Crippen LogP contribution in [0, 0.1) is 0 Å². The van der Waals surface area contributed by atoms with E-state index in [2.05, 4.69) is 0 Å². The fourth-order valence-electron chi connectivity index (χ4n) is 2.14. The van der Waals surface area contributed by atoms with Crippen molar-refractivity contribution >= 4 is 23.9 Å². The van der Waals surface area contributed by atoms with Gasteiger partial charge in [-0.1, -0.05) is 6.08 Å². The van der Waals surface area contributed by atoms with Gasteiger partial charge in [-0.25, -0.2) is 9.59 Å². The summed E-state index contributed by atoms with van der Waals surface area (Å²) in [6.07, 6.45) is 3.61. The first-order valence-corrected chi connectivity index (χ1v) is 8.39. The number of hydrogen-bond donors (Lipinski definition) is 0. The second-order valence-electron chi connectivity index (χ2n) is 5.88. The van der Waals surface area contributed by atoms with Crippen LogP contribution in [0.5, 0.6) is 0 Å². The van der Waals surface area contributed by atoms with Crippen molar-refractivity contribution < 1.29 is 38.1 Å². The Morgan fingerprint density at radius 2 is 1.78 bits per heavy atom. The zero-order chi connectivity index (χ0) is 20.6. The van der Waals surface area contributed by atoms with Crippen LogP contribution in [-0.2, 0) is 38.1 Å². The summed E-state index contributed by atoms with van der Waals surface area (Å²) in [5.41, 5.74) is 0.407. The van der Waals surface area contributed by atoms with E-state index in [9.17, 15) is 19.2 Å². The Kier molecular flexibility index (Phi) is 8.44. The molecule has 0 aromatic carbocycles. The highest BCUT2D eigenvalue weighted by molar-refractivity contribution is 5.88. The SMILES string of the molecule is CC=C(C)C(=O)OC1C=CC(=O)OC1C=CC(OC(C)=O)C(C)OC(C)=O. The van der Waals surface area contributed by atoms with Crippen molar-refractivity contribution in [3.05, 3.63) is 36.0 Å². The van der Waals surface area contributed by atoms with Gasteiger partial charge < -0.3 is 18.9 Å². The summed E-state index contributed by atoms with van der Waals surface area (Å²) in [6, 6.07) is 0. The Bertz CT molecular complexity index is 673. The molecule has 0 saturated heterocycles. The molecule has 0 aromatic rings. The zero-order valence-corrected chi connectivity index (χ0v) is 16.0. The molecule has 0 aliphatic carbocycles. The summed E-state index contributed by atoms with van der Waals surface area (Å²) in [5, 5.41) is 0. The Balaban J connectivity index is 2.97. The van der Waals surface area contributed by atoms with Gasteiger partial charge in [-0.3, -0.25) is 9.59 Å². The van der Waals surface area contributed by atoms with Gasteiger partial charge in [0.25, 0.3) is 0 Å². The van der Waals surface area contributed by atoms with Crippen LogP contribution < -0.4 is 0 Å². The minimum absolute atomic E-state index is 0.407. The molecule has 0 fully saturated rings. The molecule has 4 unspecified atom stereocenters. The van der Waals surface area contributed by atoms with Crippen LogP contribution in [0.2, 0.25) is 0 Å². The van der Waals surface area contributed by atoms with Crippen LogP contribution in [-0.4, -0.2) is 48.3 Å². The summed E-state index contributed by atoms with van der Waals surface area (Å²) >= 11 is 0. The fourth-order valence-corrected chi connectivity index (χ4v) is 2.14. The summed E-state index contributed by atoms with van der Waals surface area (Å²) < 4.78 is 20.7. The molecule has 0 saturated carbocycles. The molecule has 1 rings (SSSR count). The average Bonchev–Trinajstić information content (AvgIpc) is 2.58. The fraction of sp³-hybridized carbons (Fsp3) is 0.474. The van der Waals surface area contributed by atoms with Gasteiger partial charge in [0.2, 0.25) is 0 Å². The van der Waals surface area contributed by atoms with Crippen molar-refractivity contribution in [1.82, 2.24) is 0 Å². The standard InChI is InChI=1S/C19H24O8/c1-6-11(2)19(23)27-17-9-10-18(22)26-16(17)8-7-15(25-14(5)21)12(3)24-13(4)20/h6-10,12,15-17H,1-5H3. The third kappa shape index (κ3) is 7.47. The van der Waals surface area contributed by atoms with Gasteiger partial charge in [-0.05, 0) is 39.0 Å². The van der Waals surface area contributed by atoms with Gasteiger partial charge in [0.15, 0.2) is 18.3 Å². The largest absolute Gasteiger partial charge is 0.459 e. The maximum atomic E-state index is 12.0. The number of esters is 4. The van der Waals surface area contributed by atoms with Crippen LogP contribution in [0.25, 0.3) is 0 Å². The lowest BCUT2D eigenvalue weighted by atomic mass is 10.1. The lowest BCUT2D eigenvalue weighted by molar-refractivity contribution is -0.160. The van der Waals surface area contributed by atoms with E-state index in [0.717, 1.165) is 6.08 Å². The second kappa shape index (κ2) is 10.3. The minimum Gasteiger partial charge on any atom is -0.459 e. The summed E-state index contributed by atoms with van der Waals surface area (Å²) in [5.74, 6) is -2.25. The van der Waals surface area contributed by atoms with Crippen molar-refractivity contribution in [3.63, 3.8) is 0 Å². The lowest BCUT2D eigenvalue weighted by Crippen LogP contribution is -2.36. The third-order valence-electron chi connectivity index (χ3n) is 3.60. The van der Waals surface area contributed by atoms with E-state index in [1.54, 1.807) is 26.8 Å². The van der Waals surface area contributed by atoms with E-state index in [1.165, 1.54) is 32.1 Å². The molecular formula is C19H24O8. The van der Waals surface area contributed by atoms with Gasteiger partial charge in [-0.15, -0.1) is 0 Å². The van der Waals surface area contributed by atoms with Crippen LogP contribution in [0.15, 0.2) is 36.0 Å². The van der Waals surface area contributed by atoms with E-state index in [0.29, 0.717) is 5.57 Å². The molecule has 4 atom stereocenters. The Labute approximate surface area is 157 Å². The molecule has 1 aliphatic rings. The predicted molar refractivity (Wildman–Crippen MR) is 94.3 cm³/mol. The van der Waals surface area contributed by atoms with E-state index in [1.807, 2.05) is 0 Å². The maximum absolute atomic E-state index is 12.0. The summed E-state index contributed by atoms with van der Waals surface area (Å²) in [6.45, 7) is 7.31. The van der Waals surface area contributed by atoms with Crippen molar-refractivity contribution in [2.24, 2.45) is 0 Å². The average molecular weight is 380 g/mol. The number of hydrogen-bond acceptors (Lipinski definition) is 8. The van der Waals surface area contributed by atoms with E-state index < -0.39 is 48.3 Å². The van der Waals surface area contributed by atoms with Crippen molar-refractivity contribution in [1.29, 1.82) is 0 Å². The van der Waals surface area contributed by atoms with Crippen LogP contribution in [0.1, 0.15) is 34.6 Å². The summed E-state index contributed by atoms with van der Waals surface area (Å²) in [7, 11) is 0. The first kappa shape index (κ1) is 22.1. The minimum atomic E-state index is -0.918.